The van der Waals surface area contributed by atoms with Gasteiger partial charge in [0.2, 0.25) is 0 Å². The molecule has 0 saturated heterocycles. The molecule has 0 aliphatic carbocycles. The van der Waals surface area contributed by atoms with Crippen molar-refractivity contribution in [1.82, 2.24) is 9.97 Å². The number of nitrogens with zero attached hydrogens (tertiary/aromatic N) is 3. The summed E-state index contributed by atoms with van der Waals surface area (Å²) in [5.41, 5.74) is 1.22. The van der Waals surface area contributed by atoms with Crippen LogP contribution in [0.15, 0.2) is 41.1 Å². The van der Waals surface area contributed by atoms with Crippen molar-refractivity contribution in [2.75, 3.05) is 24.3 Å². The highest BCUT2D eigenvalue weighted by Gasteiger charge is 2.06. The summed E-state index contributed by atoms with van der Waals surface area (Å²) in [4.78, 5) is 10.7. The number of nitrogens with one attached hydrogen (secondary N) is 1. The summed E-state index contributed by atoms with van der Waals surface area (Å²) in [6.45, 7) is 0.781. The smallest absolute Gasteiger partial charge is 0.149 e. The molecule has 0 fully saturated rings. The molecule has 0 bridgehead atoms. The molecular formula is C13H15BrN4. The minimum Gasteiger partial charge on any atom is -0.372 e. The Bertz CT molecular complexity index is 530. The van der Waals surface area contributed by atoms with E-state index in [4.69, 9.17) is 0 Å². The van der Waals surface area contributed by atoms with Crippen LogP contribution in [-0.4, -0.2) is 24.1 Å². The van der Waals surface area contributed by atoms with Crippen LogP contribution in [0.5, 0.6) is 0 Å². The molecule has 1 heterocycles. The Balaban J connectivity index is 2.16. The molecule has 0 saturated carbocycles. The monoisotopic (exact) mass is 306 g/mol. The number of halogens is 1. The predicted molar refractivity (Wildman–Crippen MR) is 77.8 cm³/mol. The molecule has 0 radical (unpaired) electrons. The molecule has 0 aliphatic heterocycles. The van der Waals surface area contributed by atoms with E-state index in [1.165, 1.54) is 5.56 Å². The van der Waals surface area contributed by atoms with Gasteiger partial charge in [0.15, 0.2) is 0 Å². The SMILES string of the molecule is CNc1cncc(N(C)Cc2ccccc2Br)n1. The Morgan fingerprint density at radius 1 is 1.28 bits per heavy atom. The van der Waals surface area contributed by atoms with Crippen molar-refractivity contribution in [3.05, 3.63) is 46.7 Å². The van der Waals surface area contributed by atoms with Gasteiger partial charge in [-0.15, -0.1) is 0 Å². The Kier molecular flexibility index (Phi) is 4.15. The van der Waals surface area contributed by atoms with E-state index < -0.39 is 0 Å². The summed E-state index contributed by atoms with van der Waals surface area (Å²) in [5, 5.41) is 2.99. The average Bonchev–Trinajstić information content (AvgIpc) is 2.41. The van der Waals surface area contributed by atoms with Gasteiger partial charge in [0.25, 0.3) is 0 Å². The van der Waals surface area contributed by atoms with Crippen molar-refractivity contribution >= 4 is 27.6 Å². The van der Waals surface area contributed by atoms with Gasteiger partial charge in [0, 0.05) is 25.1 Å². The van der Waals surface area contributed by atoms with Crippen LogP contribution in [0, 0.1) is 0 Å². The summed E-state index contributed by atoms with van der Waals surface area (Å²) in [6, 6.07) is 8.17. The number of hydrogen-bond acceptors (Lipinski definition) is 4. The van der Waals surface area contributed by atoms with Crippen molar-refractivity contribution in [2.24, 2.45) is 0 Å². The molecule has 1 aromatic heterocycles. The first-order valence-electron chi connectivity index (χ1n) is 5.65. The topological polar surface area (TPSA) is 41.1 Å². The lowest BCUT2D eigenvalue weighted by molar-refractivity contribution is 0.887. The molecule has 5 heteroatoms. The highest BCUT2D eigenvalue weighted by Crippen LogP contribution is 2.20. The lowest BCUT2D eigenvalue weighted by Gasteiger charge is -2.19. The van der Waals surface area contributed by atoms with Gasteiger partial charge >= 0.3 is 0 Å². The molecule has 0 aliphatic rings. The minimum absolute atomic E-state index is 0.770. The van der Waals surface area contributed by atoms with Crippen molar-refractivity contribution < 1.29 is 0 Å². The van der Waals surface area contributed by atoms with E-state index in [0.29, 0.717) is 0 Å². The van der Waals surface area contributed by atoms with Gasteiger partial charge in [0.1, 0.15) is 11.6 Å². The highest BCUT2D eigenvalue weighted by atomic mass is 79.9. The fourth-order valence-electron chi connectivity index (χ4n) is 1.62. The maximum atomic E-state index is 4.45. The van der Waals surface area contributed by atoms with E-state index in [1.807, 2.05) is 32.3 Å². The molecule has 0 unspecified atom stereocenters. The van der Waals surface area contributed by atoms with Crippen molar-refractivity contribution in [1.29, 1.82) is 0 Å². The third-order valence-electron chi connectivity index (χ3n) is 2.63. The van der Waals surface area contributed by atoms with Crippen molar-refractivity contribution in [3.8, 4) is 0 Å². The Morgan fingerprint density at radius 3 is 2.78 bits per heavy atom. The number of benzene rings is 1. The second-order valence-electron chi connectivity index (χ2n) is 3.96. The minimum atomic E-state index is 0.770. The van der Waals surface area contributed by atoms with E-state index >= 15 is 0 Å². The van der Waals surface area contributed by atoms with Gasteiger partial charge in [-0.2, -0.15) is 0 Å². The average molecular weight is 307 g/mol. The van der Waals surface area contributed by atoms with E-state index in [-0.39, 0.29) is 0 Å². The molecule has 2 aromatic rings. The molecule has 94 valence electrons. The summed E-state index contributed by atoms with van der Waals surface area (Å²) in [6.07, 6.45) is 3.47. The number of anilines is 2. The Hall–Kier alpha value is -1.62. The molecule has 0 amide bonds. The normalized spacial score (nSPS) is 10.2. The molecule has 1 N–H and O–H groups in total. The number of aromatic nitrogens is 2. The zero-order valence-electron chi connectivity index (χ0n) is 10.4. The quantitative estimate of drug-likeness (QED) is 0.943. The molecule has 1 aromatic carbocycles. The first-order chi connectivity index (χ1) is 8.70. The first-order valence-corrected chi connectivity index (χ1v) is 6.44. The van der Waals surface area contributed by atoms with E-state index in [0.717, 1.165) is 22.7 Å². The zero-order chi connectivity index (χ0) is 13.0. The van der Waals surface area contributed by atoms with Crippen LogP contribution in [0.25, 0.3) is 0 Å². The van der Waals surface area contributed by atoms with Gasteiger partial charge in [-0.05, 0) is 11.6 Å². The summed E-state index contributed by atoms with van der Waals surface area (Å²) < 4.78 is 1.11. The van der Waals surface area contributed by atoms with Crippen LogP contribution in [0.3, 0.4) is 0 Å². The van der Waals surface area contributed by atoms with E-state index in [2.05, 4.69) is 42.2 Å². The van der Waals surface area contributed by atoms with Crippen LogP contribution in [0.1, 0.15) is 5.56 Å². The van der Waals surface area contributed by atoms with Crippen LogP contribution >= 0.6 is 15.9 Å². The maximum Gasteiger partial charge on any atom is 0.149 e. The Labute approximate surface area is 115 Å². The first kappa shape index (κ1) is 12.8. The van der Waals surface area contributed by atoms with Gasteiger partial charge in [0.05, 0.1) is 12.4 Å². The summed E-state index contributed by atoms with van der Waals surface area (Å²) in [5.74, 6) is 1.61. The van der Waals surface area contributed by atoms with Gasteiger partial charge < -0.3 is 10.2 Å². The van der Waals surface area contributed by atoms with Gasteiger partial charge in [-0.25, -0.2) is 4.98 Å². The van der Waals surface area contributed by atoms with Crippen molar-refractivity contribution in [2.45, 2.75) is 6.54 Å². The van der Waals surface area contributed by atoms with Gasteiger partial charge in [-0.3, -0.25) is 4.98 Å². The number of hydrogen-bond donors (Lipinski definition) is 1. The summed E-state index contributed by atoms with van der Waals surface area (Å²) >= 11 is 3.55. The third kappa shape index (κ3) is 2.98. The van der Waals surface area contributed by atoms with Crippen LogP contribution in [0.2, 0.25) is 0 Å². The predicted octanol–water partition coefficient (Wildman–Crippen LogP) is 2.92. The molecule has 0 spiro atoms. The molecule has 18 heavy (non-hydrogen) atoms. The van der Waals surface area contributed by atoms with Crippen LogP contribution in [-0.2, 0) is 6.54 Å². The second kappa shape index (κ2) is 5.82. The van der Waals surface area contributed by atoms with E-state index in [1.54, 1.807) is 12.4 Å². The zero-order valence-corrected chi connectivity index (χ0v) is 12.0. The third-order valence-corrected chi connectivity index (χ3v) is 3.41. The van der Waals surface area contributed by atoms with E-state index in [9.17, 15) is 0 Å². The molecule has 4 nitrogen and oxygen atoms in total. The summed E-state index contributed by atoms with van der Waals surface area (Å²) in [7, 11) is 3.84. The van der Waals surface area contributed by atoms with Crippen LogP contribution < -0.4 is 10.2 Å². The van der Waals surface area contributed by atoms with Gasteiger partial charge in [-0.1, -0.05) is 34.1 Å². The second-order valence-corrected chi connectivity index (χ2v) is 4.81. The van der Waals surface area contributed by atoms with Crippen LogP contribution in [0.4, 0.5) is 11.6 Å². The largest absolute Gasteiger partial charge is 0.372 e. The van der Waals surface area contributed by atoms with Crippen molar-refractivity contribution in [3.63, 3.8) is 0 Å². The fourth-order valence-corrected chi connectivity index (χ4v) is 2.03. The maximum absolute atomic E-state index is 4.45. The standard InChI is InChI=1S/C13H15BrN4/c1-15-12-7-16-8-13(17-12)18(2)9-10-5-3-4-6-11(10)14/h3-8H,9H2,1-2H3,(H,15,17). The Morgan fingerprint density at radius 2 is 2.06 bits per heavy atom. The lowest BCUT2D eigenvalue weighted by atomic mass is 10.2. The number of rotatable bonds is 4. The fraction of sp³-hybridized carbons (Fsp3) is 0.231. The molecule has 2 rings (SSSR count). The highest BCUT2D eigenvalue weighted by molar-refractivity contribution is 9.10. The molecular weight excluding hydrogens is 292 g/mol. The lowest BCUT2D eigenvalue weighted by Crippen LogP contribution is -2.18. The molecule has 0 atom stereocenters.